The first-order chi connectivity index (χ1) is 7.40. The number of likely N-dealkylation sites (N-methyl/N-ethyl adjacent to an activating group) is 1. The first-order valence-electron chi connectivity index (χ1n) is 4.93. The van der Waals surface area contributed by atoms with Gasteiger partial charge in [-0.3, -0.25) is 5.10 Å². The van der Waals surface area contributed by atoms with Gasteiger partial charge in [0, 0.05) is 19.2 Å². The fraction of sp³-hybridized carbons (Fsp3) is 0.444. The summed E-state index contributed by atoms with van der Waals surface area (Å²) in [5, 5.41) is 20.2. The van der Waals surface area contributed by atoms with Gasteiger partial charge in [0.1, 0.15) is 5.01 Å². The smallest absolute Gasteiger partial charge is 0.165 e. The van der Waals surface area contributed by atoms with E-state index >= 15 is 0 Å². The Hall–Kier alpha value is -1.27. The van der Waals surface area contributed by atoms with E-state index in [0.29, 0.717) is 0 Å². The van der Waals surface area contributed by atoms with Crippen LogP contribution >= 0.6 is 11.3 Å². The van der Waals surface area contributed by atoms with E-state index in [0.717, 1.165) is 35.2 Å². The SMILES string of the molecule is CCNCCc1nnc(-c2ccn[nH]2)s1. The van der Waals surface area contributed by atoms with E-state index < -0.39 is 0 Å². The van der Waals surface area contributed by atoms with Crippen molar-refractivity contribution in [2.45, 2.75) is 13.3 Å². The minimum absolute atomic E-state index is 0.902. The summed E-state index contributed by atoms with van der Waals surface area (Å²) in [6.07, 6.45) is 2.65. The van der Waals surface area contributed by atoms with Crippen molar-refractivity contribution in [1.82, 2.24) is 25.7 Å². The standard InChI is InChI=1S/C9H13N5S/c1-2-10-5-4-8-13-14-9(15-8)7-3-6-11-12-7/h3,6,10H,2,4-5H2,1H3,(H,11,12). The van der Waals surface area contributed by atoms with Crippen LogP contribution in [0.15, 0.2) is 12.3 Å². The number of nitrogens with one attached hydrogen (secondary N) is 2. The highest BCUT2D eigenvalue weighted by molar-refractivity contribution is 7.14. The topological polar surface area (TPSA) is 66.5 Å². The lowest BCUT2D eigenvalue weighted by Crippen LogP contribution is -2.15. The third-order valence-corrected chi connectivity index (χ3v) is 2.98. The number of nitrogens with zero attached hydrogens (tertiary/aromatic N) is 3. The fourth-order valence-electron chi connectivity index (χ4n) is 1.21. The highest BCUT2D eigenvalue weighted by Gasteiger charge is 2.06. The number of rotatable bonds is 5. The van der Waals surface area contributed by atoms with Gasteiger partial charge in [-0.2, -0.15) is 5.10 Å². The van der Waals surface area contributed by atoms with E-state index in [1.165, 1.54) is 0 Å². The Morgan fingerprint density at radius 3 is 3.13 bits per heavy atom. The Balaban J connectivity index is 1.98. The number of H-pyrrole nitrogens is 1. The summed E-state index contributed by atoms with van der Waals surface area (Å²) >= 11 is 1.61. The van der Waals surface area contributed by atoms with Crippen LogP contribution in [0.1, 0.15) is 11.9 Å². The zero-order chi connectivity index (χ0) is 10.5. The molecule has 5 nitrogen and oxygen atoms in total. The molecule has 0 saturated heterocycles. The first kappa shape index (κ1) is 10.3. The van der Waals surface area contributed by atoms with Crippen LogP contribution in [0, 0.1) is 0 Å². The molecule has 0 aliphatic rings. The monoisotopic (exact) mass is 223 g/mol. The molecule has 0 radical (unpaired) electrons. The van der Waals surface area contributed by atoms with Gasteiger partial charge in [0.2, 0.25) is 0 Å². The van der Waals surface area contributed by atoms with E-state index in [4.69, 9.17) is 0 Å². The summed E-state index contributed by atoms with van der Waals surface area (Å²) in [5.41, 5.74) is 0.933. The van der Waals surface area contributed by atoms with Gasteiger partial charge >= 0.3 is 0 Å². The zero-order valence-corrected chi connectivity index (χ0v) is 9.34. The molecule has 0 unspecified atom stereocenters. The molecule has 0 amide bonds. The van der Waals surface area contributed by atoms with Gasteiger partial charge in [-0.25, -0.2) is 0 Å². The molecule has 15 heavy (non-hydrogen) atoms. The molecular formula is C9H13N5S. The average molecular weight is 223 g/mol. The highest BCUT2D eigenvalue weighted by Crippen LogP contribution is 2.20. The van der Waals surface area contributed by atoms with Crippen LogP contribution in [-0.4, -0.2) is 33.5 Å². The second-order valence-corrected chi connectivity index (χ2v) is 4.14. The lowest BCUT2D eigenvalue weighted by molar-refractivity contribution is 0.710. The molecule has 0 spiro atoms. The molecule has 6 heteroatoms. The van der Waals surface area contributed by atoms with E-state index in [-0.39, 0.29) is 0 Å². The molecule has 0 aliphatic carbocycles. The second-order valence-electron chi connectivity index (χ2n) is 3.07. The van der Waals surface area contributed by atoms with E-state index in [1.807, 2.05) is 6.07 Å². The minimum Gasteiger partial charge on any atom is -0.317 e. The van der Waals surface area contributed by atoms with Gasteiger partial charge in [0.05, 0.1) is 5.69 Å². The Morgan fingerprint density at radius 1 is 1.47 bits per heavy atom. The molecule has 0 aromatic carbocycles. The number of aromatic amines is 1. The van der Waals surface area contributed by atoms with Gasteiger partial charge in [-0.1, -0.05) is 18.3 Å². The summed E-state index contributed by atoms with van der Waals surface area (Å²) in [7, 11) is 0. The Morgan fingerprint density at radius 2 is 2.40 bits per heavy atom. The molecular weight excluding hydrogens is 210 g/mol. The van der Waals surface area contributed by atoms with Crippen LogP contribution in [0.25, 0.3) is 10.7 Å². The molecule has 0 atom stereocenters. The Labute approximate surface area is 91.9 Å². The molecule has 2 rings (SSSR count). The van der Waals surface area contributed by atoms with Crippen molar-refractivity contribution in [3.63, 3.8) is 0 Å². The molecule has 2 heterocycles. The zero-order valence-electron chi connectivity index (χ0n) is 8.53. The van der Waals surface area contributed by atoms with E-state index in [1.54, 1.807) is 17.5 Å². The third-order valence-electron chi connectivity index (χ3n) is 1.96. The molecule has 2 N–H and O–H groups in total. The molecule has 0 bridgehead atoms. The Bertz CT molecular complexity index is 394. The molecule has 0 aliphatic heterocycles. The van der Waals surface area contributed by atoms with Crippen LogP contribution < -0.4 is 5.32 Å². The van der Waals surface area contributed by atoms with Crippen molar-refractivity contribution in [3.05, 3.63) is 17.3 Å². The predicted molar refractivity (Wildman–Crippen MR) is 59.7 cm³/mol. The third kappa shape index (κ3) is 2.60. The largest absolute Gasteiger partial charge is 0.317 e. The van der Waals surface area contributed by atoms with E-state index in [2.05, 4.69) is 32.6 Å². The van der Waals surface area contributed by atoms with Gasteiger partial charge in [-0.05, 0) is 12.6 Å². The molecule has 2 aromatic rings. The molecule has 0 saturated carbocycles. The van der Waals surface area contributed by atoms with Gasteiger partial charge in [0.25, 0.3) is 0 Å². The summed E-state index contributed by atoms with van der Waals surface area (Å²) in [4.78, 5) is 0. The number of aromatic nitrogens is 4. The van der Waals surface area contributed by atoms with Crippen molar-refractivity contribution in [1.29, 1.82) is 0 Å². The highest BCUT2D eigenvalue weighted by atomic mass is 32.1. The maximum atomic E-state index is 4.12. The maximum Gasteiger partial charge on any atom is 0.165 e. The number of hydrogen-bond donors (Lipinski definition) is 2. The van der Waals surface area contributed by atoms with Crippen LogP contribution in [-0.2, 0) is 6.42 Å². The Kier molecular flexibility index (Phi) is 3.41. The summed E-state index contributed by atoms with van der Waals surface area (Å²) in [6, 6.07) is 1.90. The van der Waals surface area contributed by atoms with Crippen LogP contribution in [0.4, 0.5) is 0 Å². The van der Waals surface area contributed by atoms with E-state index in [9.17, 15) is 0 Å². The van der Waals surface area contributed by atoms with Crippen molar-refractivity contribution < 1.29 is 0 Å². The predicted octanol–water partition coefficient (Wildman–Crippen LogP) is 1.08. The first-order valence-corrected chi connectivity index (χ1v) is 5.74. The van der Waals surface area contributed by atoms with Crippen molar-refractivity contribution >= 4 is 11.3 Å². The van der Waals surface area contributed by atoms with Crippen LogP contribution in [0.3, 0.4) is 0 Å². The lowest BCUT2D eigenvalue weighted by Gasteiger charge is -1.95. The van der Waals surface area contributed by atoms with Gasteiger partial charge in [0.15, 0.2) is 5.01 Å². The summed E-state index contributed by atoms with van der Waals surface area (Å²) in [6.45, 7) is 4.04. The summed E-state index contributed by atoms with van der Waals surface area (Å²) in [5.74, 6) is 0. The quantitative estimate of drug-likeness (QED) is 0.744. The van der Waals surface area contributed by atoms with Crippen LogP contribution in [0.2, 0.25) is 0 Å². The molecule has 80 valence electrons. The van der Waals surface area contributed by atoms with Crippen molar-refractivity contribution in [2.24, 2.45) is 0 Å². The minimum atomic E-state index is 0.902. The molecule has 2 aromatic heterocycles. The molecule has 0 fully saturated rings. The van der Waals surface area contributed by atoms with Crippen molar-refractivity contribution in [2.75, 3.05) is 13.1 Å². The summed E-state index contributed by atoms with van der Waals surface area (Å²) < 4.78 is 0. The van der Waals surface area contributed by atoms with Gasteiger partial charge in [-0.15, -0.1) is 10.2 Å². The normalized spacial score (nSPS) is 10.7. The number of hydrogen-bond acceptors (Lipinski definition) is 5. The lowest BCUT2D eigenvalue weighted by atomic mass is 10.4. The second kappa shape index (κ2) is 4.99. The maximum absolute atomic E-state index is 4.12. The van der Waals surface area contributed by atoms with Crippen molar-refractivity contribution in [3.8, 4) is 10.7 Å². The average Bonchev–Trinajstić information content (AvgIpc) is 2.87. The fourth-order valence-corrected chi connectivity index (χ4v) is 2.02. The van der Waals surface area contributed by atoms with Gasteiger partial charge < -0.3 is 5.32 Å². The van der Waals surface area contributed by atoms with Crippen LogP contribution in [0.5, 0.6) is 0 Å².